The van der Waals surface area contributed by atoms with Crippen LogP contribution in [0.4, 0.5) is 4.79 Å². The molecule has 0 spiro atoms. The number of nitrogens with zero attached hydrogens (tertiary/aromatic N) is 1. The van der Waals surface area contributed by atoms with Crippen molar-refractivity contribution in [3.05, 3.63) is 0 Å². The number of carbonyl (C=O) groups excluding carboxylic acids is 2. The minimum Gasteiger partial charge on any atom is -0.480 e. The minimum absolute atomic E-state index is 0.0674. The maximum absolute atomic E-state index is 11.8. The Kier molecular flexibility index (Phi) is 6.89. The highest BCUT2D eigenvalue weighted by molar-refractivity contribution is 5.86. The van der Waals surface area contributed by atoms with E-state index in [9.17, 15) is 14.4 Å². The van der Waals surface area contributed by atoms with Crippen molar-refractivity contribution in [1.82, 2.24) is 10.2 Å². The molecular formula is C12H22N2O5. The smallest absolute Gasteiger partial charge is 0.329 e. The van der Waals surface area contributed by atoms with Gasteiger partial charge in [-0.3, -0.25) is 4.79 Å². The van der Waals surface area contributed by atoms with Gasteiger partial charge in [0.2, 0.25) is 0 Å². The Morgan fingerprint density at radius 2 is 1.95 bits per heavy atom. The number of hydrogen-bond acceptors (Lipinski definition) is 4. The summed E-state index contributed by atoms with van der Waals surface area (Å²) in [7, 11) is 2.76. The molecule has 7 nitrogen and oxygen atoms in total. The molecule has 0 heterocycles. The van der Waals surface area contributed by atoms with Crippen LogP contribution in [-0.2, 0) is 14.3 Å². The van der Waals surface area contributed by atoms with E-state index in [1.54, 1.807) is 0 Å². The van der Waals surface area contributed by atoms with Gasteiger partial charge >= 0.3 is 18.0 Å². The molecule has 7 heteroatoms. The monoisotopic (exact) mass is 274 g/mol. The summed E-state index contributed by atoms with van der Waals surface area (Å²) in [4.78, 5) is 35.2. The first-order valence-corrected chi connectivity index (χ1v) is 6.10. The van der Waals surface area contributed by atoms with Gasteiger partial charge in [-0.1, -0.05) is 13.3 Å². The molecule has 2 amide bonds. The molecule has 1 atom stereocenters. The van der Waals surface area contributed by atoms with E-state index in [4.69, 9.17) is 5.11 Å². The summed E-state index contributed by atoms with van der Waals surface area (Å²) in [5.74, 6) is -1.50. The number of carboxylic acids is 1. The highest BCUT2D eigenvalue weighted by Crippen LogP contribution is 2.13. The van der Waals surface area contributed by atoms with E-state index in [0.29, 0.717) is 12.8 Å². The van der Waals surface area contributed by atoms with Crippen molar-refractivity contribution in [3.63, 3.8) is 0 Å². The Morgan fingerprint density at radius 3 is 2.37 bits per heavy atom. The van der Waals surface area contributed by atoms with E-state index in [-0.39, 0.29) is 13.0 Å². The Morgan fingerprint density at radius 1 is 1.37 bits per heavy atom. The molecule has 0 aromatic rings. The van der Waals surface area contributed by atoms with Gasteiger partial charge in [0.05, 0.1) is 13.5 Å². The fraction of sp³-hybridized carbons (Fsp3) is 0.750. The molecule has 0 fully saturated rings. The largest absolute Gasteiger partial charge is 0.480 e. The molecule has 0 bridgehead atoms. The first kappa shape index (κ1) is 17.2. The van der Waals surface area contributed by atoms with E-state index in [1.165, 1.54) is 26.0 Å². The lowest BCUT2D eigenvalue weighted by atomic mass is 9.96. The number of urea groups is 1. The first-order valence-electron chi connectivity index (χ1n) is 6.10. The van der Waals surface area contributed by atoms with Gasteiger partial charge in [0.1, 0.15) is 5.54 Å². The van der Waals surface area contributed by atoms with Crippen molar-refractivity contribution in [2.75, 3.05) is 20.7 Å². The van der Waals surface area contributed by atoms with Crippen LogP contribution < -0.4 is 5.32 Å². The molecule has 0 aromatic heterocycles. The Labute approximate surface area is 112 Å². The van der Waals surface area contributed by atoms with Gasteiger partial charge in [0.25, 0.3) is 0 Å². The van der Waals surface area contributed by atoms with Gasteiger partial charge < -0.3 is 20.1 Å². The van der Waals surface area contributed by atoms with Crippen LogP contribution in [0.25, 0.3) is 0 Å². The van der Waals surface area contributed by atoms with Crippen molar-refractivity contribution in [2.24, 2.45) is 0 Å². The SMILES string of the molecule is CCCC(C)(NC(=O)N(C)CCC(=O)OC)C(=O)O. The van der Waals surface area contributed by atoms with Crippen LogP contribution in [0.5, 0.6) is 0 Å². The zero-order valence-electron chi connectivity index (χ0n) is 11.9. The molecule has 110 valence electrons. The van der Waals surface area contributed by atoms with Crippen LogP contribution in [0.3, 0.4) is 0 Å². The number of methoxy groups -OCH3 is 1. The average molecular weight is 274 g/mol. The van der Waals surface area contributed by atoms with E-state index >= 15 is 0 Å². The summed E-state index contributed by atoms with van der Waals surface area (Å²) in [6.45, 7) is 3.47. The molecule has 0 aliphatic heterocycles. The molecule has 0 radical (unpaired) electrons. The Balaban J connectivity index is 4.48. The van der Waals surface area contributed by atoms with Gasteiger partial charge in [-0.25, -0.2) is 9.59 Å². The average Bonchev–Trinajstić information content (AvgIpc) is 2.35. The van der Waals surface area contributed by atoms with Crippen LogP contribution in [0.2, 0.25) is 0 Å². The van der Waals surface area contributed by atoms with E-state index < -0.39 is 23.5 Å². The molecule has 0 aromatic carbocycles. The van der Waals surface area contributed by atoms with E-state index in [1.807, 2.05) is 6.92 Å². The molecule has 0 saturated heterocycles. The summed E-state index contributed by atoms with van der Waals surface area (Å²) in [6, 6.07) is -0.526. The van der Waals surface area contributed by atoms with Crippen LogP contribution in [-0.4, -0.2) is 54.2 Å². The van der Waals surface area contributed by atoms with Crippen molar-refractivity contribution >= 4 is 18.0 Å². The minimum atomic E-state index is -1.30. The quantitative estimate of drug-likeness (QED) is 0.670. The lowest BCUT2D eigenvalue weighted by molar-refractivity contribution is -0.144. The molecule has 0 aliphatic rings. The highest BCUT2D eigenvalue weighted by atomic mass is 16.5. The number of carboxylic acid groups (broad SMARTS) is 1. The summed E-state index contributed by atoms with van der Waals surface area (Å²) < 4.78 is 4.47. The number of carbonyl (C=O) groups is 3. The summed E-state index contributed by atoms with van der Waals surface area (Å²) in [5.41, 5.74) is -1.30. The van der Waals surface area contributed by atoms with Gasteiger partial charge in [-0.2, -0.15) is 0 Å². The molecule has 0 rings (SSSR count). The van der Waals surface area contributed by atoms with Crippen LogP contribution >= 0.6 is 0 Å². The second-order valence-corrected chi connectivity index (χ2v) is 4.57. The Hall–Kier alpha value is -1.79. The number of ether oxygens (including phenoxy) is 1. The molecule has 19 heavy (non-hydrogen) atoms. The predicted octanol–water partition coefficient (Wildman–Crippen LogP) is 0.834. The number of amides is 2. The second kappa shape index (κ2) is 7.60. The maximum Gasteiger partial charge on any atom is 0.329 e. The third-order valence-corrected chi connectivity index (χ3v) is 2.83. The standard InChI is InChI=1S/C12H22N2O5/c1-5-7-12(2,10(16)17)13-11(18)14(3)8-6-9(15)19-4/h5-8H2,1-4H3,(H,13,18)(H,16,17). The van der Waals surface area contributed by atoms with Gasteiger partial charge in [-0.05, 0) is 13.3 Å². The first-order chi connectivity index (χ1) is 8.76. The predicted molar refractivity (Wildman–Crippen MR) is 68.7 cm³/mol. The van der Waals surface area contributed by atoms with Gasteiger partial charge in [0.15, 0.2) is 0 Å². The molecule has 1 unspecified atom stereocenters. The summed E-state index contributed by atoms with van der Waals surface area (Å²) in [5, 5.41) is 11.6. The van der Waals surface area contributed by atoms with Crippen LogP contribution in [0.15, 0.2) is 0 Å². The van der Waals surface area contributed by atoms with Crippen molar-refractivity contribution < 1.29 is 24.2 Å². The van der Waals surface area contributed by atoms with Crippen molar-refractivity contribution in [3.8, 4) is 0 Å². The van der Waals surface area contributed by atoms with Crippen LogP contribution in [0, 0.1) is 0 Å². The number of nitrogens with one attached hydrogen (secondary N) is 1. The maximum atomic E-state index is 11.8. The zero-order chi connectivity index (χ0) is 15.1. The lowest BCUT2D eigenvalue weighted by Gasteiger charge is -2.28. The number of aliphatic carboxylic acids is 1. The zero-order valence-corrected chi connectivity index (χ0v) is 11.9. The summed E-state index contributed by atoms with van der Waals surface area (Å²) >= 11 is 0. The topological polar surface area (TPSA) is 95.9 Å². The van der Waals surface area contributed by atoms with Crippen molar-refractivity contribution in [1.29, 1.82) is 0 Å². The third-order valence-electron chi connectivity index (χ3n) is 2.83. The summed E-state index contributed by atoms with van der Waals surface area (Å²) in [6.07, 6.45) is 1.03. The lowest BCUT2D eigenvalue weighted by Crippen LogP contribution is -2.55. The highest BCUT2D eigenvalue weighted by Gasteiger charge is 2.34. The van der Waals surface area contributed by atoms with Gasteiger partial charge in [0, 0.05) is 13.6 Å². The molecular weight excluding hydrogens is 252 g/mol. The third kappa shape index (κ3) is 5.58. The number of esters is 1. The fourth-order valence-corrected chi connectivity index (χ4v) is 1.52. The van der Waals surface area contributed by atoms with Gasteiger partial charge in [-0.15, -0.1) is 0 Å². The fourth-order valence-electron chi connectivity index (χ4n) is 1.52. The van der Waals surface area contributed by atoms with Crippen LogP contribution in [0.1, 0.15) is 33.1 Å². The number of rotatable bonds is 7. The molecule has 0 aliphatic carbocycles. The number of hydrogen-bond donors (Lipinski definition) is 2. The molecule has 2 N–H and O–H groups in total. The Bertz CT molecular complexity index is 345. The molecule has 0 saturated carbocycles. The normalized spacial score (nSPS) is 13.3. The second-order valence-electron chi connectivity index (χ2n) is 4.57. The van der Waals surface area contributed by atoms with Crippen molar-refractivity contribution in [2.45, 2.75) is 38.6 Å². The van der Waals surface area contributed by atoms with E-state index in [0.717, 1.165) is 0 Å². The van der Waals surface area contributed by atoms with E-state index in [2.05, 4.69) is 10.1 Å².